The van der Waals surface area contributed by atoms with Gasteiger partial charge in [-0.05, 0) is 31.5 Å². The summed E-state index contributed by atoms with van der Waals surface area (Å²) >= 11 is 0. The Hall–Kier alpha value is -4.23. The largest absolute Gasteiger partial charge is 0.739 e. The second-order valence-corrected chi connectivity index (χ2v) is 7.57. The number of benzene rings is 1. The predicted octanol–water partition coefficient (Wildman–Crippen LogP) is 2.03. The summed E-state index contributed by atoms with van der Waals surface area (Å²) in [5.41, 5.74) is -1.41. The summed E-state index contributed by atoms with van der Waals surface area (Å²) in [7, 11) is 0. The molecule has 0 bridgehead atoms. The molecule has 0 unspecified atom stereocenters. The van der Waals surface area contributed by atoms with Crippen LogP contribution in [0, 0.1) is 10.4 Å². The second-order valence-electron chi connectivity index (χ2n) is 7.57. The number of aromatic nitrogens is 4. The van der Waals surface area contributed by atoms with E-state index in [1.807, 2.05) is 0 Å². The number of esters is 2. The molecule has 0 saturated heterocycles. The normalized spacial score (nSPS) is 11.5. The van der Waals surface area contributed by atoms with Crippen LogP contribution in [0.15, 0.2) is 36.7 Å². The second kappa shape index (κ2) is 10.4. The molecular weight excluding hydrogens is 475 g/mol. The van der Waals surface area contributed by atoms with Crippen molar-refractivity contribution in [2.75, 3.05) is 11.9 Å². The summed E-state index contributed by atoms with van der Waals surface area (Å²) in [6.45, 7) is 3.01. The summed E-state index contributed by atoms with van der Waals surface area (Å²) in [5.74, 6) is -1.87. The summed E-state index contributed by atoms with van der Waals surface area (Å²) in [5, 5.41) is 31.1. The van der Waals surface area contributed by atoms with Crippen LogP contribution in [0.2, 0.25) is 0 Å². The molecule has 2 aromatic heterocycles. The van der Waals surface area contributed by atoms with Crippen LogP contribution in [-0.4, -0.2) is 34.7 Å². The van der Waals surface area contributed by atoms with Crippen molar-refractivity contribution < 1.29 is 41.8 Å². The Bertz CT molecular complexity index is 1250. The van der Waals surface area contributed by atoms with E-state index in [0.717, 1.165) is 6.20 Å². The molecule has 186 valence electrons. The first-order valence-electron chi connectivity index (χ1n) is 10.2. The van der Waals surface area contributed by atoms with Crippen molar-refractivity contribution in [3.8, 4) is 0 Å². The minimum absolute atomic E-state index is 0.00469. The van der Waals surface area contributed by atoms with Crippen LogP contribution in [-0.2, 0) is 27.1 Å². The monoisotopic (exact) mass is 495 g/mol. The number of pyridine rings is 1. The molecule has 0 aliphatic carbocycles. The van der Waals surface area contributed by atoms with Gasteiger partial charge in [0.25, 0.3) is 5.52 Å². The number of anilines is 1. The minimum Gasteiger partial charge on any atom is -0.739 e. The number of carbonyl (C=O) groups excluding carboxylic acids is 2. The fourth-order valence-corrected chi connectivity index (χ4v) is 2.92. The average molecular weight is 495 g/mol. The first-order chi connectivity index (χ1) is 16.5. The number of rotatable bonds is 8. The van der Waals surface area contributed by atoms with Crippen LogP contribution >= 0.6 is 0 Å². The Morgan fingerprint density at radius 2 is 1.89 bits per heavy atom. The van der Waals surface area contributed by atoms with Crippen molar-refractivity contribution in [2.45, 2.75) is 39.2 Å². The Kier molecular flexibility index (Phi) is 7.52. The molecule has 3 rings (SSSR count). The van der Waals surface area contributed by atoms with Gasteiger partial charge < -0.3 is 19.9 Å². The SMILES string of the molecule is CC(C)OC(=O)CCNc1n[n+]([O-])c2cc(COC(=O)c3cncc(C(F)(F)F)c3)ccc2[n+]1[O-]. The number of fused-ring (bicyclic) bond motifs is 1. The summed E-state index contributed by atoms with van der Waals surface area (Å²) < 4.78 is 48.7. The lowest BCUT2D eigenvalue weighted by Crippen LogP contribution is -2.44. The zero-order valence-electron chi connectivity index (χ0n) is 18.5. The van der Waals surface area contributed by atoms with Gasteiger partial charge in [-0.3, -0.25) is 15.1 Å². The van der Waals surface area contributed by atoms with Gasteiger partial charge in [-0.15, -0.1) is 0 Å². The molecule has 35 heavy (non-hydrogen) atoms. The lowest BCUT2D eigenvalue weighted by molar-refractivity contribution is -0.672. The van der Waals surface area contributed by atoms with Gasteiger partial charge in [0.15, 0.2) is 5.52 Å². The van der Waals surface area contributed by atoms with Crippen molar-refractivity contribution in [1.29, 1.82) is 0 Å². The standard InChI is InChI=1S/C21H20F3N5O6/c1-12(2)35-18(30)5-6-26-20-27-29(33)17-7-13(3-4-16(17)28(20)32)11-34-19(31)14-8-15(10-25-9-14)21(22,23)24/h3-4,7-10,12H,5-6,11H2,1-2H3,(H,26,27). The molecule has 2 heterocycles. The first-order valence-corrected chi connectivity index (χ1v) is 10.2. The Morgan fingerprint density at radius 1 is 1.14 bits per heavy atom. The number of ether oxygens (including phenoxy) is 2. The quantitative estimate of drug-likeness (QED) is 0.282. The molecule has 0 aliphatic rings. The Morgan fingerprint density at radius 3 is 2.57 bits per heavy atom. The number of halogens is 3. The van der Waals surface area contributed by atoms with Crippen LogP contribution in [0.5, 0.6) is 0 Å². The maximum absolute atomic E-state index is 12.8. The molecule has 0 saturated carbocycles. The van der Waals surface area contributed by atoms with E-state index in [4.69, 9.17) is 9.47 Å². The topological polar surface area (TPSA) is 144 Å². The maximum atomic E-state index is 12.8. The van der Waals surface area contributed by atoms with E-state index >= 15 is 0 Å². The third-order valence-electron chi connectivity index (χ3n) is 4.49. The van der Waals surface area contributed by atoms with E-state index in [1.54, 1.807) is 13.8 Å². The van der Waals surface area contributed by atoms with Gasteiger partial charge in [-0.1, -0.05) is 6.07 Å². The summed E-state index contributed by atoms with van der Waals surface area (Å²) in [4.78, 5) is 27.3. The smallest absolute Gasteiger partial charge is 0.460 e. The minimum atomic E-state index is -4.67. The van der Waals surface area contributed by atoms with E-state index in [-0.39, 0.29) is 53.1 Å². The highest BCUT2D eigenvalue weighted by atomic mass is 19.4. The number of nitrogens with zero attached hydrogens (tertiary/aromatic N) is 4. The van der Waals surface area contributed by atoms with Gasteiger partial charge in [0.05, 0.1) is 30.2 Å². The zero-order chi connectivity index (χ0) is 25.8. The molecule has 3 aromatic rings. The molecule has 14 heteroatoms. The Labute approximate surface area is 196 Å². The highest BCUT2D eigenvalue weighted by Crippen LogP contribution is 2.29. The molecule has 11 nitrogen and oxygen atoms in total. The van der Waals surface area contributed by atoms with E-state index in [2.05, 4.69) is 15.4 Å². The van der Waals surface area contributed by atoms with E-state index in [1.165, 1.54) is 18.2 Å². The molecule has 1 aromatic carbocycles. The third kappa shape index (κ3) is 6.43. The molecule has 0 amide bonds. The highest BCUT2D eigenvalue weighted by molar-refractivity contribution is 5.89. The molecule has 0 fully saturated rings. The van der Waals surface area contributed by atoms with Gasteiger partial charge >= 0.3 is 24.1 Å². The van der Waals surface area contributed by atoms with Crippen molar-refractivity contribution in [3.05, 3.63) is 63.8 Å². The van der Waals surface area contributed by atoms with Gasteiger partial charge in [0.2, 0.25) is 5.10 Å². The predicted molar refractivity (Wildman–Crippen MR) is 112 cm³/mol. The fraction of sp³-hybridized carbons (Fsp3) is 0.333. The van der Waals surface area contributed by atoms with Crippen LogP contribution < -0.4 is 14.9 Å². The fourth-order valence-electron chi connectivity index (χ4n) is 2.92. The maximum Gasteiger partial charge on any atom is 0.460 e. The highest BCUT2D eigenvalue weighted by Gasteiger charge is 2.31. The number of hydrogen-bond donors (Lipinski definition) is 1. The molecule has 0 radical (unpaired) electrons. The summed E-state index contributed by atoms with van der Waals surface area (Å²) in [6, 6.07) is 4.57. The number of carbonyl (C=O) groups is 2. The molecule has 0 atom stereocenters. The lowest BCUT2D eigenvalue weighted by Gasteiger charge is -2.11. The lowest BCUT2D eigenvalue weighted by atomic mass is 10.2. The Balaban J connectivity index is 1.69. The van der Waals surface area contributed by atoms with Gasteiger partial charge in [0, 0.05) is 23.3 Å². The first kappa shape index (κ1) is 25.4. The molecule has 1 N–H and O–H groups in total. The van der Waals surface area contributed by atoms with Crippen molar-refractivity contribution in [3.63, 3.8) is 0 Å². The third-order valence-corrected chi connectivity index (χ3v) is 4.49. The number of hydrogen-bond acceptors (Lipinski definition) is 9. The van der Waals surface area contributed by atoms with E-state index < -0.39 is 29.2 Å². The molecular formula is C21H20F3N5O6. The van der Waals surface area contributed by atoms with E-state index in [0.29, 0.717) is 17.0 Å². The van der Waals surface area contributed by atoms with Crippen LogP contribution in [0.1, 0.15) is 41.8 Å². The summed E-state index contributed by atoms with van der Waals surface area (Å²) in [6.07, 6.45) is -3.49. The van der Waals surface area contributed by atoms with E-state index in [9.17, 15) is 33.2 Å². The number of alkyl halides is 3. The van der Waals surface area contributed by atoms with Gasteiger partial charge in [-0.25, -0.2) is 9.52 Å². The van der Waals surface area contributed by atoms with Gasteiger partial charge in [-0.2, -0.15) is 13.2 Å². The van der Waals surface area contributed by atoms with Crippen LogP contribution in [0.25, 0.3) is 11.0 Å². The van der Waals surface area contributed by atoms with Crippen molar-refractivity contribution in [2.24, 2.45) is 0 Å². The van der Waals surface area contributed by atoms with Crippen LogP contribution in [0.3, 0.4) is 0 Å². The molecule has 0 spiro atoms. The average Bonchev–Trinajstić information content (AvgIpc) is 2.79. The van der Waals surface area contributed by atoms with Crippen LogP contribution in [0.4, 0.5) is 19.1 Å². The van der Waals surface area contributed by atoms with Crippen molar-refractivity contribution in [1.82, 2.24) is 10.1 Å². The molecule has 0 aliphatic heterocycles. The van der Waals surface area contributed by atoms with Gasteiger partial charge in [0.1, 0.15) is 6.61 Å². The van der Waals surface area contributed by atoms with Crippen molar-refractivity contribution >= 4 is 28.9 Å². The zero-order valence-corrected chi connectivity index (χ0v) is 18.5. The number of nitrogens with one attached hydrogen (secondary N) is 1.